The van der Waals surface area contributed by atoms with E-state index in [-0.39, 0.29) is 24.0 Å². The molecule has 0 bridgehead atoms. The normalized spacial score (nSPS) is 20.0. The number of hydrogen-bond donors (Lipinski definition) is 1. The minimum Gasteiger partial charge on any atom is -0.367 e. The summed E-state index contributed by atoms with van der Waals surface area (Å²) in [5.74, 6) is 1.75. The van der Waals surface area contributed by atoms with Crippen LogP contribution in [-0.2, 0) is 9.53 Å². The topological polar surface area (TPSA) is 88.9 Å². The van der Waals surface area contributed by atoms with Gasteiger partial charge in [-0.3, -0.25) is 9.89 Å². The van der Waals surface area contributed by atoms with Crippen molar-refractivity contribution in [2.45, 2.75) is 38.8 Å². The van der Waals surface area contributed by atoms with E-state index in [1.54, 1.807) is 23.3 Å². The Bertz CT molecular complexity index is 651. The molecule has 1 aliphatic rings. The molecule has 1 fully saturated rings. The first kappa shape index (κ1) is 15.7. The minimum atomic E-state index is -0.280. The number of carbonyl (C=O) groups excluding carboxylic acids is 1. The number of aromatic nitrogens is 5. The second-order valence-electron chi connectivity index (χ2n) is 6.06. The largest absolute Gasteiger partial charge is 0.367 e. The van der Waals surface area contributed by atoms with Crippen molar-refractivity contribution in [1.29, 1.82) is 0 Å². The third kappa shape index (κ3) is 3.26. The van der Waals surface area contributed by atoms with E-state index in [9.17, 15) is 4.79 Å². The van der Waals surface area contributed by atoms with E-state index in [0.717, 1.165) is 5.82 Å². The molecule has 8 nitrogen and oxygen atoms in total. The molecule has 2 aromatic rings. The average Bonchev–Trinajstić information content (AvgIpc) is 3.25. The van der Waals surface area contributed by atoms with Crippen LogP contribution < -0.4 is 0 Å². The summed E-state index contributed by atoms with van der Waals surface area (Å²) < 4.78 is 7.56. The van der Waals surface area contributed by atoms with Crippen molar-refractivity contribution in [1.82, 2.24) is 29.6 Å². The Balaban J connectivity index is 1.69. The number of ether oxygens (including phenoxy) is 1. The van der Waals surface area contributed by atoms with E-state index in [0.29, 0.717) is 25.5 Å². The predicted molar refractivity (Wildman–Crippen MR) is 82.7 cm³/mol. The van der Waals surface area contributed by atoms with Gasteiger partial charge in [-0.25, -0.2) is 9.97 Å². The molecule has 3 heterocycles. The summed E-state index contributed by atoms with van der Waals surface area (Å²) in [6.45, 7) is 7.50. The molecule has 3 rings (SSSR count). The Morgan fingerprint density at radius 2 is 2.26 bits per heavy atom. The highest BCUT2D eigenvalue weighted by molar-refractivity contribution is 5.80. The lowest BCUT2D eigenvalue weighted by molar-refractivity contribution is -0.142. The summed E-state index contributed by atoms with van der Waals surface area (Å²) >= 11 is 0. The van der Waals surface area contributed by atoms with Gasteiger partial charge in [0.2, 0.25) is 5.91 Å². The lowest BCUT2D eigenvalue weighted by atomic mass is 10.2. The first-order chi connectivity index (χ1) is 11.1. The maximum Gasteiger partial charge on any atom is 0.245 e. The fourth-order valence-corrected chi connectivity index (χ4v) is 2.60. The van der Waals surface area contributed by atoms with Gasteiger partial charge in [0.1, 0.15) is 12.1 Å². The van der Waals surface area contributed by atoms with E-state index in [4.69, 9.17) is 4.74 Å². The van der Waals surface area contributed by atoms with Crippen molar-refractivity contribution in [2.24, 2.45) is 0 Å². The maximum atomic E-state index is 12.7. The first-order valence-electron chi connectivity index (χ1n) is 7.86. The third-order valence-electron chi connectivity index (χ3n) is 4.05. The Kier molecular flexibility index (Phi) is 4.42. The number of carbonyl (C=O) groups is 1. The van der Waals surface area contributed by atoms with Gasteiger partial charge >= 0.3 is 0 Å². The molecule has 124 valence electrons. The van der Waals surface area contributed by atoms with E-state index < -0.39 is 0 Å². The molecule has 0 unspecified atom stereocenters. The number of amides is 1. The van der Waals surface area contributed by atoms with Gasteiger partial charge in [-0.2, -0.15) is 5.10 Å². The van der Waals surface area contributed by atoms with E-state index in [2.05, 4.69) is 20.2 Å². The molecule has 2 atom stereocenters. The van der Waals surface area contributed by atoms with Crippen LogP contribution in [0.15, 0.2) is 18.7 Å². The highest BCUT2D eigenvalue weighted by Gasteiger charge is 2.30. The summed E-state index contributed by atoms with van der Waals surface area (Å²) in [5, 5.41) is 7.14. The summed E-state index contributed by atoms with van der Waals surface area (Å²) in [6, 6.07) is -0.280. The van der Waals surface area contributed by atoms with Crippen LogP contribution in [0.1, 0.15) is 50.5 Å². The van der Waals surface area contributed by atoms with Crippen LogP contribution in [0.4, 0.5) is 0 Å². The molecule has 0 saturated carbocycles. The van der Waals surface area contributed by atoms with Crippen LogP contribution >= 0.6 is 0 Å². The van der Waals surface area contributed by atoms with Crippen LogP contribution in [0.3, 0.4) is 0 Å². The molecule has 1 N–H and O–H groups in total. The van der Waals surface area contributed by atoms with E-state index >= 15 is 0 Å². The van der Waals surface area contributed by atoms with Crippen LogP contribution in [0, 0.1) is 0 Å². The molecule has 1 amide bonds. The highest BCUT2D eigenvalue weighted by atomic mass is 16.5. The van der Waals surface area contributed by atoms with Crippen LogP contribution in [0.5, 0.6) is 0 Å². The van der Waals surface area contributed by atoms with Crippen molar-refractivity contribution >= 4 is 5.91 Å². The van der Waals surface area contributed by atoms with Crippen molar-refractivity contribution < 1.29 is 9.53 Å². The molecule has 0 aliphatic carbocycles. The number of aromatic amines is 1. The van der Waals surface area contributed by atoms with E-state index in [1.807, 2.05) is 25.7 Å². The number of hydrogen-bond acceptors (Lipinski definition) is 5. The lowest BCUT2D eigenvalue weighted by Crippen LogP contribution is -2.45. The molecular formula is C15H22N6O2. The smallest absolute Gasteiger partial charge is 0.245 e. The Morgan fingerprint density at radius 1 is 1.43 bits per heavy atom. The molecule has 1 aliphatic heterocycles. The highest BCUT2D eigenvalue weighted by Crippen LogP contribution is 2.22. The molecule has 0 radical (unpaired) electrons. The molecule has 1 saturated heterocycles. The van der Waals surface area contributed by atoms with Gasteiger partial charge in [0.05, 0.1) is 19.5 Å². The van der Waals surface area contributed by atoms with Gasteiger partial charge in [-0.1, -0.05) is 13.8 Å². The third-order valence-corrected chi connectivity index (χ3v) is 4.05. The molecule has 0 spiro atoms. The predicted octanol–water partition coefficient (Wildman–Crippen LogP) is 1.29. The van der Waals surface area contributed by atoms with E-state index in [1.165, 1.54) is 0 Å². The first-order valence-corrected chi connectivity index (χ1v) is 7.86. The van der Waals surface area contributed by atoms with Crippen molar-refractivity contribution in [3.8, 4) is 0 Å². The Morgan fingerprint density at radius 3 is 2.91 bits per heavy atom. The fraction of sp³-hybridized carbons (Fsp3) is 0.600. The summed E-state index contributed by atoms with van der Waals surface area (Å²) in [4.78, 5) is 23.0. The maximum absolute atomic E-state index is 12.7. The van der Waals surface area contributed by atoms with Gasteiger partial charge in [0.15, 0.2) is 11.6 Å². The molecule has 0 aromatic carbocycles. The molecule has 8 heteroatoms. The second-order valence-corrected chi connectivity index (χ2v) is 6.06. The molecule has 2 aromatic heterocycles. The zero-order chi connectivity index (χ0) is 16.4. The SMILES string of the molecule is CC(C)c1n[nH]c([C@H]2CN(C(=O)[C@@H](C)n3ccnc3)CCO2)n1. The van der Waals surface area contributed by atoms with Gasteiger partial charge in [-0.15, -0.1) is 0 Å². The number of nitrogens with zero attached hydrogens (tertiary/aromatic N) is 5. The fourth-order valence-electron chi connectivity index (χ4n) is 2.60. The zero-order valence-electron chi connectivity index (χ0n) is 13.6. The summed E-state index contributed by atoms with van der Waals surface area (Å²) in [7, 11) is 0. The monoisotopic (exact) mass is 318 g/mol. The van der Waals surface area contributed by atoms with Gasteiger partial charge in [-0.05, 0) is 6.92 Å². The second kappa shape index (κ2) is 6.49. The Hall–Kier alpha value is -2.22. The van der Waals surface area contributed by atoms with Crippen molar-refractivity contribution in [2.75, 3.05) is 19.7 Å². The average molecular weight is 318 g/mol. The quantitative estimate of drug-likeness (QED) is 0.917. The standard InChI is InChI=1S/C15H22N6O2/c1-10(2)13-17-14(19-18-13)12-8-20(6-7-23-12)15(22)11(3)21-5-4-16-9-21/h4-5,9-12H,6-8H2,1-3H3,(H,17,18,19)/t11-,12-/m1/s1. The summed E-state index contributed by atoms with van der Waals surface area (Å²) in [5.41, 5.74) is 0. The summed E-state index contributed by atoms with van der Waals surface area (Å²) in [6.07, 6.45) is 4.87. The lowest BCUT2D eigenvalue weighted by Gasteiger charge is -2.33. The van der Waals surface area contributed by atoms with Gasteiger partial charge < -0.3 is 14.2 Å². The molecule has 23 heavy (non-hydrogen) atoms. The van der Waals surface area contributed by atoms with Gasteiger partial charge in [0.25, 0.3) is 0 Å². The molecular weight excluding hydrogens is 296 g/mol. The number of rotatable bonds is 4. The number of imidazole rings is 1. The number of morpholine rings is 1. The number of H-pyrrole nitrogens is 1. The van der Waals surface area contributed by atoms with Crippen LogP contribution in [0.2, 0.25) is 0 Å². The van der Waals surface area contributed by atoms with Crippen LogP contribution in [0.25, 0.3) is 0 Å². The Labute approximate surface area is 134 Å². The number of nitrogens with one attached hydrogen (secondary N) is 1. The zero-order valence-corrected chi connectivity index (χ0v) is 13.6. The van der Waals surface area contributed by atoms with Crippen molar-refractivity contribution in [3.05, 3.63) is 30.4 Å². The van der Waals surface area contributed by atoms with Gasteiger partial charge in [0, 0.05) is 24.9 Å². The van der Waals surface area contributed by atoms with Crippen molar-refractivity contribution in [3.63, 3.8) is 0 Å². The minimum absolute atomic E-state index is 0.0555. The van der Waals surface area contributed by atoms with Crippen LogP contribution in [-0.4, -0.2) is 55.2 Å².